The van der Waals surface area contributed by atoms with E-state index in [1.165, 1.54) is 6.07 Å². The molecule has 0 amide bonds. The maximum atomic E-state index is 15.0. The first-order valence-electron chi connectivity index (χ1n) is 27.2. The zero-order chi connectivity index (χ0) is 59.4. The molecule has 0 saturated heterocycles. The molecule has 0 radical (unpaired) electrons. The van der Waals surface area contributed by atoms with Gasteiger partial charge in [-0.1, -0.05) is 107 Å². The van der Waals surface area contributed by atoms with E-state index in [2.05, 4.69) is 132 Å². The van der Waals surface area contributed by atoms with Crippen molar-refractivity contribution < 1.29 is 41.8 Å². The number of rotatable bonds is 18. The molecule has 0 aliphatic heterocycles. The molecule has 5 aromatic rings. The maximum absolute atomic E-state index is 15.0. The number of carbonyl (C=O) groups excluding carboxylic acids is 2. The Labute approximate surface area is 484 Å². The second kappa shape index (κ2) is 25.8. The van der Waals surface area contributed by atoms with Crippen LogP contribution in [0.25, 0.3) is 21.8 Å². The SMILES string of the molecule is CCOC(=O)c1cn(C(CO[Si](C)(C)C(C)(C)C)C(C)(C)C)c2cc(OC(C)C)c(Cc3cccc(Cl)c3F)cc2c1=O.CCOC(=O)c1cn(C(CO[Si](C)(C)C(C)(C)C)C(C)(C)C)c2cc(OC(C)C)c(I)cc2c1=O. The van der Waals surface area contributed by atoms with Crippen LogP contribution in [0.15, 0.2) is 64.4 Å². The van der Waals surface area contributed by atoms with Gasteiger partial charge in [-0.2, -0.15) is 0 Å². The van der Waals surface area contributed by atoms with E-state index in [1.54, 1.807) is 44.4 Å². The summed E-state index contributed by atoms with van der Waals surface area (Å²) in [5.74, 6) is -0.581. The topological polar surface area (TPSA) is 134 Å². The third-order valence-corrected chi connectivity index (χ3v) is 25.1. The minimum absolute atomic E-state index is 0.0000783. The van der Waals surface area contributed by atoms with Gasteiger partial charge in [-0.05, 0) is 141 Å². The lowest BCUT2D eigenvalue weighted by atomic mass is 9.86. The first-order valence-corrected chi connectivity index (χ1v) is 34.4. The largest absolute Gasteiger partial charge is 0.491 e. The number of nitrogens with zero attached hydrogens (tertiary/aromatic N) is 2. The van der Waals surface area contributed by atoms with Crippen molar-refractivity contribution in [1.82, 2.24) is 9.13 Å². The smallest absolute Gasteiger partial charge is 0.343 e. The van der Waals surface area contributed by atoms with Crippen LogP contribution in [-0.4, -0.2) is 76.3 Å². The van der Waals surface area contributed by atoms with Gasteiger partial charge in [0.15, 0.2) is 16.6 Å². The molecular weight excluding hydrogens is 1160 g/mol. The number of fused-ring (bicyclic) bond motifs is 2. The number of carbonyl (C=O) groups is 2. The lowest BCUT2D eigenvalue weighted by Crippen LogP contribution is -2.43. The highest BCUT2D eigenvalue weighted by molar-refractivity contribution is 14.1. The number of halogens is 3. The molecule has 5 rings (SSSR count). The van der Waals surface area contributed by atoms with E-state index >= 15 is 0 Å². The Bertz CT molecular complexity index is 3070. The van der Waals surface area contributed by atoms with Gasteiger partial charge in [-0.15, -0.1) is 0 Å². The van der Waals surface area contributed by atoms with Gasteiger partial charge >= 0.3 is 11.9 Å². The number of hydrogen-bond donors (Lipinski definition) is 0. The third kappa shape index (κ3) is 16.1. The Hall–Kier alpha value is -4.08. The molecule has 2 unspecified atom stereocenters. The first kappa shape index (κ1) is 66.4. The van der Waals surface area contributed by atoms with Gasteiger partial charge in [0.05, 0.1) is 70.3 Å². The molecular formula is C61H89ClFIN2O10Si2. The van der Waals surface area contributed by atoms with Crippen molar-refractivity contribution in [3.63, 3.8) is 0 Å². The number of hydrogen-bond acceptors (Lipinski definition) is 10. The van der Waals surface area contributed by atoms with E-state index in [4.69, 9.17) is 39.4 Å². The summed E-state index contributed by atoms with van der Waals surface area (Å²) >= 11 is 8.25. The quantitative estimate of drug-likeness (QED) is 0.0474. The molecule has 0 N–H and O–H groups in total. The number of benzene rings is 3. The summed E-state index contributed by atoms with van der Waals surface area (Å²) in [7, 11) is -4.18. The molecule has 3 aromatic carbocycles. The Kier molecular flexibility index (Phi) is 22.0. The first-order chi connectivity index (χ1) is 35.7. The summed E-state index contributed by atoms with van der Waals surface area (Å²) in [4.78, 5) is 53.2. The van der Waals surface area contributed by atoms with Crippen molar-refractivity contribution in [2.45, 2.75) is 192 Å². The fourth-order valence-corrected chi connectivity index (χ4v) is 11.0. The minimum Gasteiger partial charge on any atom is -0.491 e. The van der Waals surface area contributed by atoms with Crippen molar-refractivity contribution in [2.75, 3.05) is 26.4 Å². The van der Waals surface area contributed by atoms with Crippen molar-refractivity contribution in [2.24, 2.45) is 10.8 Å². The Morgan fingerprint density at radius 3 is 1.41 bits per heavy atom. The maximum Gasteiger partial charge on any atom is 0.343 e. The van der Waals surface area contributed by atoms with Gasteiger partial charge < -0.3 is 36.9 Å². The highest BCUT2D eigenvalue weighted by atomic mass is 127. The van der Waals surface area contributed by atoms with Crippen molar-refractivity contribution >= 4 is 84.6 Å². The van der Waals surface area contributed by atoms with E-state index in [-0.39, 0.29) is 86.4 Å². The zero-order valence-electron chi connectivity index (χ0n) is 50.7. The molecule has 2 aromatic heterocycles. The minimum atomic E-state index is -2.14. The summed E-state index contributed by atoms with van der Waals surface area (Å²) in [6.07, 6.45) is 3.20. The summed E-state index contributed by atoms with van der Waals surface area (Å²) in [6, 6.07) is 11.7. The number of ether oxygens (including phenoxy) is 4. The van der Waals surface area contributed by atoms with Crippen LogP contribution in [0.3, 0.4) is 0 Å². The summed E-state index contributed by atoms with van der Waals surface area (Å²) in [5.41, 5.74) is 0.946. The van der Waals surface area contributed by atoms with Crippen LogP contribution in [-0.2, 0) is 24.7 Å². The molecule has 2 heterocycles. The van der Waals surface area contributed by atoms with E-state index in [0.717, 1.165) is 9.09 Å². The summed E-state index contributed by atoms with van der Waals surface area (Å²) in [5, 5.41) is 0.871. The van der Waals surface area contributed by atoms with Crippen LogP contribution in [0, 0.1) is 20.2 Å². The van der Waals surface area contributed by atoms with Gasteiger partial charge in [0.25, 0.3) is 0 Å². The Morgan fingerprint density at radius 1 is 0.628 bits per heavy atom. The monoisotopic (exact) mass is 1250 g/mol. The van der Waals surface area contributed by atoms with Crippen LogP contribution in [0.2, 0.25) is 41.3 Å². The van der Waals surface area contributed by atoms with Gasteiger partial charge in [0, 0.05) is 41.7 Å². The lowest BCUT2D eigenvalue weighted by Gasteiger charge is -2.40. The summed E-state index contributed by atoms with van der Waals surface area (Å²) < 4.78 is 56.0. The van der Waals surface area contributed by atoms with E-state index in [9.17, 15) is 23.6 Å². The van der Waals surface area contributed by atoms with E-state index < -0.39 is 39.8 Å². The molecule has 0 fully saturated rings. The predicted molar refractivity (Wildman–Crippen MR) is 330 cm³/mol. The van der Waals surface area contributed by atoms with Crippen molar-refractivity contribution in [1.29, 1.82) is 0 Å². The van der Waals surface area contributed by atoms with Crippen molar-refractivity contribution in [3.05, 3.63) is 112 Å². The number of esters is 2. The second-order valence-electron chi connectivity index (χ2n) is 25.9. The predicted octanol–water partition coefficient (Wildman–Crippen LogP) is 16.1. The number of pyridine rings is 2. The Morgan fingerprint density at radius 2 is 1.03 bits per heavy atom. The average Bonchev–Trinajstić information content (AvgIpc) is 3.28. The average molecular weight is 1250 g/mol. The van der Waals surface area contributed by atoms with Crippen LogP contribution >= 0.6 is 34.2 Å². The molecule has 432 valence electrons. The van der Waals surface area contributed by atoms with Crippen LogP contribution in [0.5, 0.6) is 11.5 Å². The highest BCUT2D eigenvalue weighted by Crippen LogP contribution is 2.43. The van der Waals surface area contributed by atoms with Gasteiger partial charge in [0.1, 0.15) is 28.4 Å². The third-order valence-electron chi connectivity index (χ3n) is 14.9. The molecule has 0 spiro atoms. The van der Waals surface area contributed by atoms with Crippen LogP contribution in [0.4, 0.5) is 4.39 Å². The molecule has 0 bridgehead atoms. The Balaban J connectivity index is 0.000000344. The lowest BCUT2D eigenvalue weighted by molar-refractivity contribution is 0.0513. The normalized spacial score (nSPS) is 13.6. The fraction of sp³-hybridized carbons (Fsp3) is 0.574. The molecule has 78 heavy (non-hydrogen) atoms. The molecule has 12 nitrogen and oxygen atoms in total. The molecule has 17 heteroatoms. The summed E-state index contributed by atoms with van der Waals surface area (Å²) in [6.45, 7) is 47.3. The number of aromatic nitrogens is 2. The molecule has 0 aliphatic rings. The molecule has 2 atom stereocenters. The highest BCUT2D eigenvalue weighted by Gasteiger charge is 2.41. The van der Waals surface area contributed by atoms with Gasteiger partial charge in [0.2, 0.25) is 10.9 Å². The fourth-order valence-electron chi connectivity index (χ4n) is 8.24. The van der Waals surface area contributed by atoms with Gasteiger partial charge in [-0.3, -0.25) is 9.59 Å². The van der Waals surface area contributed by atoms with Crippen molar-refractivity contribution in [3.8, 4) is 11.5 Å². The molecule has 0 aliphatic carbocycles. The molecule has 0 saturated carbocycles. The van der Waals surface area contributed by atoms with E-state index in [0.29, 0.717) is 52.1 Å². The standard InChI is InChI=1S/C34H47ClFNO5Si.C27H42INO5Si/c1-12-40-32(39)25-19-37(29(33(4,5)6)20-41-43(10,11)34(7,8)9)27-18-28(42-21(2)3)23(17-24(27)31(25)38)16-22-14-13-15-26(35)30(22)36;1-12-32-25(31)19-15-29(23(26(4,5)6)16-33-35(10,11)27(7,8)9)21-14-22(34-17(2)3)20(28)13-18(21)24(19)30/h13-15,17-19,21,29H,12,16,20H2,1-11H3;13-15,17,23H,12,16H2,1-11H3. The van der Waals surface area contributed by atoms with Crippen LogP contribution in [0.1, 0.15) is 169 Å². The van der Waals surface area contributed by atoms with E-state index in [1.807, 2.05) is 55.0 Å². The second-order valence-corrected chi connectivity index (χ2v) is 37.1. The van der Waals surface area contributed by atoms with Gasteiger partial charge in [-0.25, -0.2) is 14.0 Å². The van der Waals surface area contributed by atoms with Crippen LogP contribution < -0.4 is 20.3 Å². The zero-order valence-corrected chi connectivity index (χ0v) is 55.6.